The van der Waals surface area contributed by atoms with Crippen molar-refractivity contribution in [1.82, 2.24) is 5.32 Å². The maximum absolute atomic E-state index is 12.4. The fourth-order valence-electron chi connectivity index (χ4n) is 4.51. The van der Waals surface area contributed by atoms with E-state index in [0.29, 0.717) is 6.42 Å². The molecule has 0 rings (SSSR count). The molecule has 0 radical (unpaired) electrons. The zero-order valence-electron chi connectivity index (χ0n) is 28.2. The number of rotatable bonds is 29. The number of aliphatic hydroxyl groups excluding tert-OH is 1. The number of carbonyl (C=O) groups excluding carboxylic acids is 1. The number of nitrogens with one attached hydrogen (secondary N) is 1. The van der Waals surface area contributed by atoms with E-state index >= 15 is 0 Å². The first-order chi connectivity index (χ1) is 21.8. The molecule has 0 saturated heterocycles. The lowest BCUT2D eigenvalue weighted by Gasteiger charge is -2.21. The third kappa shape index (κ3) is 32.7. The molecule has 2 unspecified atom stereocenters. The summed E-state index contributed by atoms with van der Waals surface area (Å²) in [7, 11) is -4.35. The Morgan fingerprint density at radius 3 is 1.58 bits per heavy atom. The second-order valence-corrected chi connectivity index (χ2v) is 12.9. The first kappa shape index (κ1) is 42.5. The third-order valence-electron chi connectivity index (χ3n) is 7.08. The number of carbonyl (C=O) groups is 1. The first-order valence-electron chi connectivity index (χ1n) is 17.3. The van der Waals surface area contributed by atoms with Crippen molar-refractivity contribution in [3.8, 4) is 0 Å². The number of amides is 1. The summed E-state index contributed by atoms with van der Waals surface area (Å²) in [5, 5.41) is 13.1. The van der Waals surface area contributed by atoms with Crippen LogP contribution in [0.5, 0.6) is 0 Å². The summed E-state index contributed by atoms with van der Waals surface area (Å²) in [6.45, 7) is 4.34. The van der Waals surface area contributed by atoms with Crippen LogP contribution in [-0.4, -0.2) is 41.9 Å². The van der Waals surface area contributed by atoms with Crippen LogP contribution in [-0.2, 0) is 14.9 Å². The van der Waals surface area contributed by atoms with Gasteiger partial charge in [0.05, 0.1) is 17.9 Å². The fraction of sp³-hybridized carbons (Fsp3) is 0.605. The van der Waals surface area contributed by atoms with Crippen LogP contribution in [0.2, 0.25) is 0 Å². The van der Waals surface area contributed by atoms with Crippen LogP contribution in [0, 0.1) is 0 Å². The molecule has 1 amide bonds. The van der Waals surface area contributed by atoms with Gasteiger partial charge in [-0.05, 0) is 70.6 Å². The Labute approximate surface area is 276 Å². The smallest absolute Gasteiger partial charge is 0.267 e. The summed E-state index contributed by atoms with van der Waals surface area (Å²) in [5.41, 5.74) is 0. The molecule has 0 saturated carbocycles. The molecule has 0 heterocycles. The molecule has 0 aliphatic rings. The molecule has 0 bridgehead atoms. The number of hydrogen-bond acceptors (Lipinski definition) is 4. The summed E-state index contributed by atoms with van der Waals surface area (Å²) in [6, 6.07) is -1.08. The number of allylic oxidation sites excluding steroid dienone is 13. The van der Waals surface area contributed by atoms with Gasteiger partial charge in [-0.25, -0.2) is 0 Å². The van der Waals surface area contributed by atoms with E-state index in [1.54, 1.807) is 0 Å². The molecular weight excluding hydrogens is 582 g/mol. The molecule has 6 nitrogen and oxygen atoms in total. The number of unbranched alkanes of at least 4 members (excludes halogenated alkanes) is 9. The van der Waals surface area contributed by atoms with Crippen LogP contribution < -0.4 is 5.32 Å². The topological polar surface area (TPSA) is 104 Å². The molecule has 0 spiro atoms. The van der Waals surface area contributed by atoms with Crippen molar-refractivity contribution in [2.45, 2.75) is 142 Å². The minimum Gasteiger partial charge on any atom is -0.387 e. The molecule has 0 aromatic heterocycles. The van der Waals surface area contributed by atoms with Gasteiger partial charge in [0, 0.05) is 6.42 Å². The highest BCUT2D eigenvalue weighted by molar-refractivity contribution is 7.85. The fourth-order valence-corrected chi connectivity index (χ4v) is 5.24. The Morgan fingerprint density at radius 2 is 1.07 bits per heavy atom. The molecule has 0 aromatic rings. The summed E-state index contributed by atoms with van der Waals surface area (Å²) in [6.07, 6.45) is 45.7. The second-order valence-electron chi connectivity index (χ2n) is 11.4. The average molecular weight is 646 g/mol. The summed E-state index contributed by atoms with van der Waals surface area (Å²) >= 11 is 0. The highest BCUT2D eigenvalue weighted by atomic mass is 32.2. The monoisotopic (exact) mass is 645 g/mol. The third-order valence-corrected chi connectivity index (χ3v) is 7.86. The lowest BCUT2D eigenvalue weighted by molar-refractivity contribution is -0.122. The van der Waals surface area contributed by atoms with Gasteiger partial charge in [-0.3, -0.25) is 9.35 Å². The van der Waals surface area contributed by atoms with E-state index in [9.17, 15) is 22.9 Å². The van der Waals surface area contributed by atoms with Gasteiger partial charge in [-0.2, -0.15) is 8.42 Å². The van der Waals surface area contributed by atoms with Crippen LogP contribution in [0.15, 0.2) is 85.1 Å². The summed E-state index contributed by atoms with van der Waals surface area (Å²) in [4.78, 5) is 12.4. The van der Waals surface area contributed by atoms with Gasteiger partial charge < -0.3 is 10.4 Å². The molecule has 0 fully saturated rings. The van der Waals surface area contributed by atoms with Crippen molar-refractivity contribution in [3.63, 3.8) is 0 Å². The van der Waals surface area contributed by atoms with Gasteiger partial charge >= 0.3 is 0 Å². The normalized spacial score (nSPS) is 14.5. The van der Waals surface area contributed by atoms with Crippen molar-refractivity contribution in [2.24, 2.45) is 0 Å². The Morgan fingerprint density at radius 1 is 0.622 bits per heavy atom. The zero-order valence-corrected chi connectivity index (χ0v) is 29.0. The molecule has 0 aliphatic carbocycles. The number of aliphatic hydroxyl groups is 1. The van der Waals surface area contributed by atoms with Crippen LogP contribution in [0.3, 0.4) is 0 Å². The van der Waals surface area contributed by atoms with Gasteiger partial charge in [0.25, 0.3) is 10.1 Å². The SMILES string of the molecule is CC/C=C\C/C=C\C/C=C\C/C=C\C/C=C\C/C=C\CCCCC(=O)NC(CS(=O)(=O)O)C(O)/C=C/CCCCCCCCC. The molecule has 256 valence electrons. The largest absolute Gasteiger partial charge is 0.387 e. The second kappa shape index (κ2) is 31.5. The highest BCUT2D eigenvalue weighted by Gasteiger charge is 2.24. The van der Waals surface area contributed by atoms with Crippen molar-refractivity contribution < 1.29 is 22.9 Å². The molecule has 0 aliphatic heterocycles. The standard InChI is InChI=1S/C38H63NO5S/c1-3-5-7-9-11-13-14-15-16-17-18-19-20-21-22-23-24-26-28-30-32-34-38(41)39-36(35-45(42,43)44)37(40)33-31-29-27-25-12-10-8-6-4-2/h5,7,11,13,15-16,18-19,21-22,24,26,31,33,36-37,40H,3-4,6,8-10,12,14,17,20,23,25,27-30,32,34-35H2,1-2H3,(H,39,41)(H,42,43,44)/b7-5-,13-11-,16-15-,19-18-,22-21-,26-24-,33-31+. The van der Waals surface area contributed by atoms with Crippen LogP contribution in [0.25, 0.3) is 0 Å². The Bertz CT molecular complexity index is 1020. The molecule has 2 atom stereocenters. The lowest BCUT2D eigenvalue weighted by atomic mass is 10.1. The van der Waals surface area contributed by atoms with Crippen molar-refractivity contribution in [2.75, 3.05) is 5.75 Å². The van der Waals surface area contributed by atoms with E-state index in [1.807, 2.05) is 6.08 Å². The predicted octanol–water partition coefficient (Wildman–Crippen LogP) is 9.67. The molecule has 45 heavy (non-hydrogen) atoms. The zero-order chi connectivity index (χ0) is 33.3. The van der Waals surface area contributed by atoms with Gasteiger partial charge in [0.15, 0.2) is 0 Å². The number of hydrogen-bond donors (Lipinski definition) is 3. The van der Waals surface area contributed by atoms with Crippen LogP contribution >= 0.6 is 0 Å². The predicted molar refractivity (Wildman–Crippen MR) is 193 cm³/mol. The Balaban J connectivity index is 4.11. The first-order valence-corrected chi connectivity index (χ1v) is 18.9. The van der Waals surface area contributed by atoms with E-state index in [4.69, 9.17) is 0 Å². The van der Waals surface area contributed by atoms with Crippen molar-refractivity contribution >= 4 is 16.0 Å². The van der Waals surface area contributed by atoms with Gasteiger partial charge in [0.1, 0.15) is 0 Å². The van der Waals surface area contributed by atoms with Crippen molar-refractivity contribution in [1.29, 1.82) is 0 Å². The van der Waals surface area contributed by atoms with Gasteiger partial charge in [0.2, 0.25) is 5.91 Å². The Kier molecular flexibility index (Phi) is 29.8. The average Bonchev–Trinajstić information content (AvgIpc) is 3.00. The van der Waals surface area contributed by atoms with E-state index in [2.05, 4.69) is 92.1 Å². The summed E-state index contributed by atoms with van der Waals surface area (Å²) in [5.74, 6) is -1.05. The lowest BCUT2D eigenvalue weighted by Crippen LogP contribution is -2.46. The van der Waals surface area contributed by atoms with Crippen LogP contribution in [0.4, 0.5) is 0 Å². The van der Waals surface area contributed by atoms with Crippen LogP contribution in [0.1, 0.15) is 129 Å². The van der Waals surface area contributed by atoms with Gasteiger partial charge in [-0.15, -0.1) is 0 Å². The highest BCUT2D eigenvalue weighted by Crippen LogP contribution is 2.10. The van der Waals surface area contributed by atoms with E-state index in [1.165, 1.54) is 38.2 Å². The molecule has 0 aromatic carbocycles. The maximum Gasteiger partial charge on any atom is 0.267 e. The molecule has 3 N–H and O–H groups in total. The minimum atomic E-state index is -4.35. The minimum absolute atomic E-state index is 0.235. The quantitative estimate of drug-likeness (QED) is 0.0427. The van der Waals surface area contributed by atoms with E-state index in [0.717, 1.165) is 70.6 Å². The molecule has 7 heteroatoms. The summed E-state index contributed by atoms with van der Waals surface area (Å²) < 4.78 is 32.2. The van der Waals surface area contributed by atoms with Crippen molar-refractivity contribution in [3.05, 3.63) is 85.1 Å². The maximum atomic E-state index is 12.4. The van der Waals surface area contributed by atoms with Gasteiger partial charge in [-0.1, -0.05) is 137 Å². The molecular formula is C38H63NO5S. The van der Waals surface area contributed by atoms with E-state index < -0.39 is 28.0 Å². The van der Waals surface area contributed by atoms with E-state index in [-0.39, 0.29) is 12.3 Å². The Hall–Kier alpha value is -2.48.